The third-order valence-electron chi connectivity index (χ3n) is 4.62. The van der Waals surface area contributed by atoms with Crippen molar-refractivity contribution in [1.29, 1.82) is 0 Å². The summed E-state index contributed by atoms with van der Waals surface area (Å²) in [6, 6.07) is 7.76. The van der Waals surface area contributed by atoms with E-state index in [1.807, 2.05) is 0 Å². The molecule has 1 aliphatic rings. The van der Waals surface area contributed by atoms with Crippen LogP contribution in [0.1, 0.15) is 36.4 Å². The highest BCUT2D eigenvalue weighted by atomic mass is 19.3. The molecule has 1 aromatic carbocycles. The minimum absolute atomic E-state index is 0.0854. The van der Waals surface area contributed by atoms with Gasteiger partial charge in [-0.3, -0.25) is 14.2 Å². The highest BCUT2D eigenvalue weighted by molar-refractivity contribution is 5.75. The van der Waals surface area contributed by atoms with Crippen molar-refractivity contribution in [3.8, 4) is 5.75 Å². The number of carbonyl (C=O) groups excluding carboxylic acids is 1. The van der Waals surface area contributed by atoms with Gasteiger partial charge in [0.15, 0.2) is 0 Å². The van der Waals surface area contributed by atoms with Crippen LogP contribution in [0.25, 0.3) is 0 Å². The first-order valence-corrected chi connectivity index (χ1v) is 8.88. The van der Waals surface area contributed by atoms with Crippen molar-refractivity contribution in [3.63, 3.8) is 0 Å². The van der Waals surface area contributed by atoms with E-state index in [-0.39, 0.29) is 23.8 Å². The average Bonchev–Trinajstić information content (AvgIpc) is 2.57. The number of alkyl halides is 2. The lowest BCUT2D eigenvalue weighted by atomic mass is 9.83. The van der Waals surface area contributed by atoms with Crippen LogP contribution in [0.2, 0.25) is 0 Å². The van der Waals surface area contributed by atoms with Crippen LogP contribution >= 0.6 is 0 Å². The van der Waals surface area contributed by atoms with Crippen LogP contribution in [0.15, 0.2) is 41.5 Å². The standard InChI is InChI=1S/C19H21F2N3O3/c20-19(21)27-15-6-4-13(5-7-15)8-9-22-17(25)11-24-12-23-16(10-18(24)26)14-2-1-3-14/h4-7,10,12,14,19H,1-3,8-9,11H2,(H,22,25). The van der Waals surface area contributed by atoms with Gasteiger partial charge in [0.25, 0.3) is 5.56 Å². The van der Waals surface area contributed by atoms with E-state index in [0.29, 0.717) is 18.9 Å². The second kappa shape index (κ2) is 8.75. The topological polar surface area (TPSA) is 73.2 Å². The largest absolute Gasteiger partial charge is 0.435 e. The Morgan fingerprint density at radius 3 is 2.63 bits per heavy atom. The molecule has 3 rings (SSSR count). The molecule has 0 saturated heterocycles. The molecule has 0 spiro atoms. The van der Waals surface area contributed by atoms with Gasteiger partial charge in [-0.1, -0.05) is 18.6 Å². The minimum atomic E-state index is -2.85. The Morgan fingerprint density at radius 2 is 2.04 bits per heavy atom. The Balaban J connectivity index is 1.45. The molecule has 1 amide bonds. The molecule has 0 aliphatic heterocycles. The van der Waals surface area contributed by atoms with Crippen LogP contribution in [0, 0.1) is 0 Å². The Morgan fingerprint density at radius 1 is 1.30 bits per heavy atom. The molecular weight excluding hydrogens is 356 g/mol. The quantitative estimate of drug-likeness (QED) is 0.767. The zero-order valence-corrected chi connectivity index (χ0v) is 14.7. The molecule has 1 saturated carbocycles. The molecular formula is C19H21F2N3O3. The first-order chi connectivity index (χ1) is 13.0. The number of rotatable bonds is 8. The molecule has 1 aliphatic carbocycles. The van der Waals surface area contributed by atoms with Crippen molar-refractivity contribution in [3.05, 3.63) is 58.3 Å². The number of benzene rings is 1. The van der Waals surface area contributed by atoms with Crippen molar-refractivity contribution < 1.29 is 18.3 Å². The molecule has 0 radical (unpaired) electrons. The van der Waals surface area contributed by atoms with E-state index >= 15 is 0 Å². The van der Waals surface area contributed by atoms with Crippen molar-refractivity contribution in [2.24, 2.45) is 0 Å². The van der Waals surface area contributed by atoms with Gasteiger partial charge in [-0.2, -0.15) is 8.78 Å². The number of hydrogen-bond donors (Lipinski definition) is 1. The van der Waals surface area contributed by atoms with Crippen molar-refractivity contribution in [2.45, 2.75) is 44.8 Å². The summed E-state index contributed by atoms with van der Waals surface area (Å²) >= 11 is 0. The predicted molar refractivity (Wildman–Crippen MR) is 94.9 cm³/mol. The summed E-state index contributed by atoms with van der Waals surface area (Å²) in [5.41, 5.74) is 1.46. The van der Waals surface area contributed by atoms with Gasteiger partial charge >= 0.3 is 6.61 Å². The predicted octanol–water partition coefficient (Wildman–Crippen LogP) is 2.47. The lowest BCUT2D eigenvalue weighted by Gasteiger charge is -2.24. The number of aromatic nitrogens is 2. The van der Waals surface area contributed by atoms with Gasteiger partial charge in [-0.15, -0.1) is 0 Å². The van der Waals surface area contributed by atoms with Gasteiger partial charge in [-0.25, -0.2) is 4.98 Å². The molecule has 0 unspecified atom stereocenters. The van der Waals surface area contributed by atoms with Crippen molar-refractivity contribution >= 4 is 5.91 Å². The summed E-state index contributed by atoms with van der Waals surface area (Å²) in [6.45, 7) is -2.57. The van der Waals surface area contributed by atoms with Gasteiger partial charge in [0.1, 0.15) is 12.3 Å². The zero-order valence-electron chi connectivity index (χ0n) is 14.7. The molecule has 1 N–H and O–H groups in total. The van der Waals surface area contributed by atoms with E-state index in [9.17, 15) is 18.4 Å². The zero-order chi connectivity index (χ0) is 19.2. The van der Waals surface area contributed by atoms with E-state index < -0.39 is 6.61 Å². The second-order valence-corrected chi connectivity index (χ2v) is 6.53. The third kappa shape index (κ3) is 5.35. The Kier molecular flexibility index (Phi) is 6.16. The fourth-order valence-electron chi connectivity index (χ4n) is 2.88. The maximum Gasteiger partial charge on any atom is 0.387 e. The smallest absolute Gasteiger partial charge is 0.387 e. The number of ether oxygens (including phenoxy) is 1. The lowest BCUT2D eigenvalue weighted by molar-refractivity contribution is -0.121. The van der Waals surface area contributed by atoms with Gasteiger partial charge in [0, 0.05) is 18.5 Å². The number of halogens is 2. The number of hydrogen-bond acceptors (Lipinski definition) is 4. The van der Waals surface area contributed by atoms with E-state index in [4.69, 9.17) is 0 Å². The summed E-state index contributed by atoms with van der Waals surface area (Å²) in [5, 5.41) is 2.74. The second-order valence-electron chi connectivity index (χ2n) is 6.53. The van der Waals surface area contributed by atoms with Crippen LogP contribution in [-0.2, 0) is 17.8 Å². The number of nitrogens with zero attached hydrogens (tertiary/aromatic N) is 2. The third-order valence-corrected chi connectivity index (χ3v) is 4.62. The Labute approximate surface area is 155 Å². The van der Waals surface area contributed by atoms with E-state index in [2.05, 4.69) is 15.0 Å². The summed E-state index contributed by atoms with van der Waals surface area (Å²) in [6.07, 6.45) is 5.25. The molecule has 1 heterocycles. The van der Waals surface area contributed by atoms with Crippen LogP contribution in [0.3, 0.4) is 0 Å². The van der Waals surface area contributed by atoms with Crippen LogP contribution in [0.4, 0.5) is 8.78 Å². The molecule has 27 heavy (non-hydrogen) atoms. The highest BCUT2D eigenvalue weighted by Crippen LogP contribution is 2.34. The van der Waals surface area contributed by atoms with Crippen LogP contribution < -0.4 is 15.6 Å². The number of carbonyl (C=O) groups is 1. The van der Waals surface area contributed by atoms with Gasteiger partial charge < -0.3 is 10.1 Å². The van der Waals surface area contributed by atoms with Gasteiger partial charge in [-0.05, 0) is 37.0 Å². The molecule has 6 nitrogen and oxygen atoms in total. The van der Waals surface area contributed by atoms with Gasteiger partial charge in [0.05, 0.1) is 12.0 Å². The number of amides is 1. The van der Waals surface area contributed by atoms with Crippen molar-refractivity contribution in [1.82, 2.24) is 14.9 Å². The molecule has 8 heteroatoms. The highest BCUT2D eigenvalue weighted by Gasteiger charge is 2.21. The molecule has 0 bridgehead atoms. The summed E-state index contributed by atoms with van der Waals surface area (Å²) in [7, 11) is 0. The molecule has 144 valence electrons. The average molecular weight is 377 g/mol. The number of nitrogens with one attached hydrogen (secondary N) is 1. The summed E-state index contributed by atoms with van der Waals surface area (Å²) in [5.74, 6) is 0.182. The maximum absolute atomic E-state index is 12.1. The first kappa shape index (κ1) is 19.0. The van der Waals surface area contributed by atoms with E-state index in [1.54, 1.807) is 12.1 Å². The molecule has 1 aromatic heterocycles. The van der Waals surface area contributed by atoms with Crippen LogP contribution in [0.5, 0.6) is 5.75 Å². The SMILES string of the molecule is O=C(Cn1cnc(C2CCC2)cc1=O)NCCc1ccc(OC(F)F)cc1. The fraction of sp³-hybridized carbons (Fsp3) is 0.421. The van der Waals surface area contributed by atoms with E-state index in [1.165, 1.54) is 35.5 Å². The molecule has 0 atom stereocenters. The maximum atomic E-state index is 12.1. The fourth-order valence-corrected chi connectivity index (χ4v) is 2.88. The monoisotopic (exact) mass is 377 g/mol. The van der Waals surface area contributed by atoms with Crippen molar-refractivity contribution in [2.75, 3.05) is 6.54 Å². The lowest BCUT2D eigenvalue weighted by Crippen LogP contribution is -2.33. The summed E-state index contributed by atoms with van der Waals surface area (Å²) < 4.78 is 29.8. The Hall–Kier alpha value is -2.77. The van der Waals surface area contributed by atoms with Gasteiger partial charge in [0.2, 0.25) is 5.91 Å². The Bertz CT molecular complexity index is 833. The van der Waals surface area contributed by atoms with Crippen LogP contribution in [-0.4, -0.2) is 28.6 Å². The van der Waals surface area contributed by atoms with E-state index in [0.717, 1.165) is 24.1 Å². The first-order valence-electron chi connectivity index (χ1n) is 8.88. The molecule has 2 aromatic rings. The summed E-state index contributed by atoms with van der Waals surface area (Å²) in [4.78, 5) is 28.4. The minimum Gasteiger partial charge on any atom is -0.435 e. The molecule has 1 fully saturated rings. The normalized spacial score (nSPS) is 14.0.